The van der Waals surface area contributed by atoms with Gasteiger partial charge in [-0.1, -0.05) is 5.16 Å². The van der Waals surface area contributed by atoms with E-state index in [9.17, 15) is 0 Å². The summed E-state index contributed by atoms with van der Waals surface area (Å²) in [6.45, 7) is 4.54. The highest BCUT2D eigenvalue weighted by molar-refractivity contribution is 9.10. The number of likely N-dealkylation sites (N-methyl/N-ethyl adjacent to an activating group) is 1. The van der Waals surface area contributed by atoms with Crippen LogP contribution < -0.4 is 14.8 Å². The third-order valence-electron chi connectivity index (χ3n) is 3.21. The average molecular weight is 370 g/mol. The van der Waals surface area contributed by atoms with Gasteiger partial charge in [-0.05, 0) is 49.0 Å². The van der Waals surface area contributed by atoms with Crippen molar-refractivity contribution >= 4 is 15.9 Å². The molecule has 2 rings (SSSR count). The summed E-state index contributed by atoms with van der Waals surface area (Å²) in [6.07, 6.45) is 0.704. The molecule has 0 fully saturated rings. The molecule has 0 radical (unpaired) electrons. The normalized spacial score (nSPS) is 12.2. The Balaban J connectivity index is 2.31. The Morgan fingerprint density at radius 3 is 2.82 bits per heavy atom. The summed E-state index contributed by atoms with van der Waals surface area (Å²) in [5, 5.41) is 7.16. The van der Waals surface area contributed by atoms with Crippen molar-refractivity contribution in [2.75, 3.05) is 20.8 Å². The Kier molecular flexibility index (Phi) is 5.79. The molecule has 1 unspecified atom stereocenters. The number of aromatic nitrogens is 2. The lowest BCUT2D eigenvalue weighted by Gasteiger charge is -2.12. The van der Waals surface area contributed by atoms with Crippen LogP contribution in [0.5, 0.6) is 11.5 Å². The van der Waals surface area contributed by atoms with Crippen LogP contribution >= 0.6 is 15.9 Å². The quantitative estimate of drug-likeness (QED) is 0.808. The minimum absolute atomic E-state index is 0.284. The van der Waals surface area contributed by atoms with Crippen molar-refractivity contribution in [2.24, 2.45) is 0 Å². The number of hydrogen-bond acceptors (Lipinski definition) is 6. The predicted octanol–water partition coefficient (Wildman–Crippen LogP) is 3.06. The van der Waals surface area contributed by atoms with Gasteiger partial charge < -0.3 is 19.3 Å². The topological polar surface area (TPSA) is 69.4 Å². The summed E-state index contributed by atoms with van der Waals surface area (Å²) in [7, 11) is 3.50. The molecule has 22 heavy (non-hydrogen) atoms. The summed E-state index contributed by atoms with van der Waals surface area (Å²) in [6, 6.07) is 3.99. The van der Waals surface area contributed by atoms with Crippen LogP contribution in [0.2, 0.25) is 0 Å². The van der Waals surface area contributed by atoms with E-state index in [1.54, 1.807) is 7.11 Å². The third kappa shape index (κ3) is 3.78. The van der Waals surface area contributed by atoms with Gasteiger partial charge in [-0.2, -0.15) is 4.98 Å². The van der Waals surface area contributed by atoms with Gasteiger partial charge in [-0.3, -0.25) is 0 Å². The van der Waals surface area contributed by atoms with Gasteiger partial charge in [0.15, 0.2) is 17.3 Å². The van der Waals surface area contributed by atoms with Gasteiger partial charge in [0.1, 0.15) is 0 Å². The predicted molar refractivity (Wildman–Crippen MR) is 87.4 cm³/mol. The van der Waals surface area contributed by atoms with Gasteiger partial charge in [-0.15, -0.1) is 0 Å². The fourth-order valence-corrected chi connectivity index (χ4v) is 2.51. The minimum atomic E-state index is 0.284. The molecule has 0 aliphatic rings. The number of nitrogens with one attached hydrogen (secondary N) is 1. The zero-order chi connectivity index (χ0) is 16.1. The molecule has 0 aliphatic heterocycles. The van der Waals surface area contributed by atoms with E-state index in [1.807, 2.05) is 26.1 Å². The minimum Gasteiger partial charge on any atom is -0.493 e. The molecule has 1 heterocycles. The lowest BCUT2D eigenvalue weighted by molar-refractivity contribution is 0.309. The first-order chi connectivity index (χ1) is 10.6. The van der Waals surface area contributed by atoms with Crippen LogP contribution in [0.4, 0.5) is 0 Å². The number of methoxy groups -OCH3 is 1. The van der Waals surface area contributed by atoms with Crippen LogP contribution in [0, 0.1) is 0 Å². The zero-order valence-electron chi connectivity index (χ0n) is 13.1. The second kappa shape index (κ2) is 7.60. The highest BCUT2D eigenvalue weighted by atomic mass is 79.9. The van der Waals surface area contributed by atoms with E-state index in [0.717, 1.165) is 10.0 Å². The van der Waals surface area contributed by atoms with E-state index in [4.69, 9.17) is 14.0 Å². The number of benzene rings is 1. The standard InChI is InChI=1S/C15H20BrN3O3/c1-5-21-14-11(16)7-10(8-12(14)20-4)15-18-13(19-22-15)6-9(2)17-3/h7-9,17H,5-6H2,1-4H3. The number of hydrogen-bond donors (Lipinski definition) is 1. The second-order valence-electron chi connectivity index (χ2n) is 4.83. The Morgan fingerprint density at radius 1 is 1.41 bits per heavy atom. The first-order valence-electron chi connectivity index (χ1n) is 7.09. The van der Waals surface area contributed by atoms with Crippen molar-refractivity contribution in [1.29, 1.82) is 0 Å². The largest absolute Gasteiger partial charge is 0.493 e. The SMILES string of the molecule is CCOc1c(Br)cc(-c2nc(CC(C)NC)no2)cc1OC. The lowest BCUT2D eigenvalue weighted by atomic mass is 10.2. The smallest absolute Gasteiger partial charge is 0.258 e. The molecule has 2 aromatic rings. The van der Waals surface area contributed by atoms with Crippen LogP contribution in [0.25, 0.3) is 11.5 Å². The molecule has 6 nitrogen and oxygen atoms in total. The Bertz CT molecular complexity index is 630. The molecule has 120 valence electrons. The highest BCUT2D eigenvalue weighted by Crippen LogP contribution is 2.39. The van der Waals surface area contributed by atoms with Crippen LogP contribution in [-0.4, -0.2) is 36.9 Å². The molecule has 0 spiro atoms. The molecule has 0 saturated heterocycles. The van der Waals surface area contributed by atoms with Crippen LogP contribution in [0.3, 0.4) is 0 Å². The first kappa shape index (κ1) is 16.8. The van der Waals surface area contributed by atoms with Gasteiger partial charge in [0.05, 0.1) is 18.2 Å². The van der Waals surface area contributed by atoms with Gasteiger partial charge in [0.25, 0.3) is 5.89 Å². The molecule has 0 saturated carbocycles. The molecule has 1 aromatic heterocycles. The molecule has 0 bridgehead atoms. The number of rotatable bonds is 7. The molecule has 0 amide bonds. The second-order valence-corrected chi connectivity index (χ2v) is 5.69. The lowest BCUT2D eigenvalue weighted by Crippen LogP contribution is -2.24. The van der Waals surface area contributed by atoms with Crippen molar-refractivity contribution < 1.29 is 14.0 Å². The van der Waals surface area contributed by atoms with Crippen LogP contribution in [0.1, 0.15) is 19.7 Å². The summed E-state index contributed by atoms with van der Waals surface area (Å²) in [4.78, 5) is 4.43. The number of nitrogens with zero attached hydrogens (tertiary/aromatic N) is 2. The number of halogens is 1. The third-order valence-corrected chi connectivity index (χ3v) is 3.80. The van der Waals surface area contributed by atoms with Gasteiger partial charge in [0, 0.05) is 18.0 Å². The van der Waals surface area contributed by atoms with E-state index in [2.05, 4.69) is 38.3 Å². The molecular weight excluding hydrogens is 350 g/mol. The Labute approximate surface area is 138 Å². The monoisotopic (exact) mass is 369 g/mol. The van der Waals surface area contributed by atoms with E-state index in [1.165, 1.54) is 0 Å². The molecule has 1 aromatic carbocycles. The zero-order valence-corrected chi connectivity index (χ0v) is 14.7. The Morgan fingerprint density at radius 2 is 2.18 bits per heavy atom. The molecule has 1 N–H and O–H groups in total. The maximum atomic E-state index is 5.58. The highest BCUT2D eigenvalue weighted by Gasteiger charge is 2.16. The van der Waals surface area contributed by atoms with E-state index >= 15 is 0 Å². The maximum Gasteiger partial charge on any atom is 0.258 e. The van der Waals surface area contributed by atoms with Crippen molar-refractivity contribution in [2.45, 2.75) is 26.3 Å². The fraction of sp³-hybridized carbons (Fsp3) is 0.467. The van der Waals surface area contributed by atoms with E-state index in [-0.39, 0.29) is 6.04 Å². The van der Waals surface area contributed by atoms with Crippen LogP contribution in [0.15, 0.2) is 21.1 Å². The van der Waals surface area contributed by atoms with Crippen molar-refractivity contribution in [3.63, 3.8) is 0 Å². The van der Waals surface area contributed by atoms with E-state index in [0.29, 0.717) is 36.2 Å². The number of ether oxygens (including phenoxy) is 2. The van der Waals surface area contributed by atoms with Crippen molar-refractivity contribution in [3.05, 3.63) is 22.4 Å². The Hall–Kier alpha value is -1.60. The fourth-order valence-electron chi connectivity index (χ4n) is 1.96. The summed E-state index contributed by atoms with van der Waals surface area (Å²) in [5.74, 6) is 2.41. The average Bonchev–Trinajstić information content (AvgIpc) is 2.97. The molecule has 0 aliphatic carbocycles. The first-order valence-corrected chi connectivity index (χ1v) is 7.88. The molecule has 1 atom stereocenters. The molecular formula is C15H20BrN3O3. The maximum absolute atomic E-state index is 5.58. The van der Waals surface area contributed by atoms with Crippen molar-refractivity contribution in [1.82, 2.24) is 15.5 Å². The van der Waals surface area contributed by atoms with E-state index < -0.39 is 0 Å². The van der Waals surface area contributed by atoms with Gasteiger partial charge in [0.2, 0.25) is 0 Å². The van der Waals surface area contributed by atoms with Gasteiger partial charge >= 0.3 is 0 Å². The summed E-state index contributed by atoms with van der Waals surface area (Å²) < 4.78 is 17.1. The summed E-state index contributed by atoms with van der Waals surface area (Å²) >= 11 is 3.49. The van der Waals surface area contributed by atoms with Gasteiger partial charge in [-0.25, -0.2) is 0 Å². The molecule has 7 heteroatoms. The van der Waals surface area contributed by atoms with Crippen LogP contribution in [-0.2, 0) is 6.42 Å². The summed E-state index contributed by atoms with van der Waals surface area (Å²) in [5.41, 5.74) is 0.781. The van der Waals surface area contributed by atoms with Crippen molar-refractivity contribution in [3.8, 4) is 23.0 Å².